The molecular weight excluding hydrogens is 316 g/mol. The first kappa shape index (κ1) is 14.8. The van der Waals surface area contributed by atoms with Gasteiger partial charge in [0.05, 0.1) is 5.69 Å². The molecule has 22 heavy (non-hydrogen) atoms. The minimum absolute atomic E-state index is 0.144. The highest BCUT2D eigenvalue weighted by molar-refractivity contribution is 7.17. The third-order valence-corrected chi connectivity index (χ3v) is 4.55. The van der Waals surface area contributed by atoms with E-state index in [4.69, 9.17) is 11.6 Å². The van der Waals surface area contributed by atoms with Crippen molar-refractivity contribution < 1.29 is 4.79 Å². The highest BCUT2D eigenvalue weighted by atomic mass is 35.5. The van der Waals surface area contributed by atoms with E-state index in [0.717, 1.165) is 16.3 Å². The van der Waals surface area contributed by atoms with E-state index in [1.165, 1.54) is 11.3 Å². The number of rotatable bonds is 3. The van der Waals surface area contributed by atoms with E-state index in [0.29, 0.717) is 15.6 Å². The zero-order valence-electron chi connectivity index (χ0n) is 11.8. The Labute approximate surface area is 137 Å². The van der Waals surface area contributed by atoms with Gasteiger partial charge in [-0.15, -0.1) is 11.3 Å². The van der Waals surface area contributed by atoms with Gasteiger partial charge in [-0.3, -0.25) is 4.79 Å². The van der Waals surface area contributed by atoms with Gasteiger partial charge in [-0.05, 0) is 31.2 Å². The summed E-state index contributed by atoms with van der Waals surface area (Å²) in [4.78, 5) is 17.5. The quantitative estimate of drug-likeness (QED) is 0.733. The van der Waals surface area contributed by atoms with Crippen LogP contribution in [0.3, 0.4) is 0 Å². The molecule has 1 N–H and O–H groups in total. The first-order valence-electron chi connectivity index (χ1n) is 6.73. The molecule has 110 valence electrons. The SMILES string of the molecule is Cc1nc(-c2cccc(Cl)c2)sc1C(=O)Nc1ccccc1. The summed E-state index contributed by atoms with van der Waals surface area (Å²) in [5.74, 6) is -0.144. The molecule has 0 atom stereocenters. The van der Waals surface area contributed by atoms with Gasteiger partial charge in [0.25, 0.3) is 5.91 Å². The van der Waals surface area contributed by atoms with Gasteiger partial charge in [0, 0.05) is 16.3 Å². The molecule has 1 amide bonds. The van der Waals surface area contributed by atoms with Gasteiger partial charge >= 0.3 is 0 Å². The average Bonchev–Trinajstić information content (AvgIpc) is 2.90. The normalized spacial score (nSPS) is 10.5. The molecule has 0 aliphatic heterocycles. The minimum Gasteiger partial charge on any atom is -0.321 e. The van der Waals surface area contributed by atoms with Crippen LogP contribution < -0.4 is 5.32 Å². The first-order valence-corrected chi connectivity index (χ1v) is 7.93. The Hall–Kier alpha value is -2.17. The smallest absolute Gasteiger partial charge is 0.267 e. The predicted octanol–water partition coefficient (Wildman–Crippen LogP) is 5.02. The first-order chi connectivity index (χ1) is 10.6. The van der Waals surface area contributed by atoms with Crippen molar-refractivity contribution in [3.8, 4) is 10.6 Å². The molecular formula is C17H13ClN2OS. The Morgan fingerprint density at radius 3 is 2.64 bits per heavy atom. The van der Waals surface area contributed by atoms with Crippen molar-refractivity contribution in [2.75, 3.05) is 5.32 Å². The zero-order valence-corrected chi connectivity index (χ0v) is 13.4. The van der Waals surface area contributed by atoms with Crippen molar-refractivity contribution in [3.63, 3.8) is 0 Å². The Morgan fingerprint density at radius 2 is 1.91 bits per heavy atom. The van der Waals surface area contributed by atoms with Crippen molar-refractivity contribution in [3.05, 3.63) is 70.2 Å². The van der Waals surface area contributed by atoms with Crippen molar-refractivity contribution in [1.82, 2.24) is 4.98 Å². The minimum atomic E-state index is -0.144. The van der Waals surface area contributed by atoms with Gasteiger partial charge in [0.1, 0.15) is 9.88 Å². The van der Waals surface area contributed by atoms with Gasteiger partial charge in [-0.1, -0.05) is 41.9 Å². The molecule has 5 heteroatoms. The molecule has 0 radical (unpaired) electrons. The standard InChI is InChI=1S/C17H13ClN2OS/c1-11-15(16(21)20-14-8-3-2-4-9-14)22-17(19-11)12-6-5-7-13(18)10-12/h2-10H,1H3,(H,20,21). The number of carbonyl (C=O) groups excluding carboxylic acids is 1. The second-order valence-electron chi connectivity index (χ2n) is 4.76. The fourth-order valence-corrected chi connectivity index (χ4v) is 3.21. The van der Waals surface area contributed by atoms with Crippen LogP contribution in [0.25, 0.3) is 10.6 Å². The number of thiazole rings is 1. The van der Waals surface area contributed by atoms with Crippen LogP contribution in [0.4, 0.5) is 5.69 Å². The Bertz CT molecular complexity index is 815. The van der Waals surface area contributed by atoms with E-state index in [2.05, 4.69) is 10.3 Å². The third kappa shape index (κ3) is 3.18. The van der Waals surface area contributed by atoms with Gasteiger partial charge < -0.3 is 5.32 Å². The highest BCUT2D eigenvalue weighted by Gasteiger charge is 2.16. The Kier molecular flexibility index (Phi) is 4.22. The number of nitrogens with zero attached hydrogens (tertiary/aromatic N) is 1. The lowest BCUT2D eigenvalue weighted by atomic mass is 10.2. The average molecular weight is 329 g/mol. The molecule has 3 nitrogen and oxygen atoms in total. The summed E-state index contributed by atoms with van der Waals surface area (Å²) in [6.45, 7) is 1.84. The van der Waals surface area contributed by atoms with E-state index in [1.54, 1.807) is 0 Å². The topological polar surface area (TPSA) is 42.0 Å². The summed E-state index contributed by atoms with van der Waals surface area (Å²) in [5.41, 5.74) is 2.40. The molecule has 0 bridgehead atoms. The summed E-state index contributed by atoms with van der Waals surface area (Å²) in [6.07, 6.45) is 0. The van der Waals surface area contributed by atoms with E-state index in [1.807, 2.05) is 61.5 Å². The number of para-hydroxylation sites is 1. The number of nitrogens with one attached hydrogen (secondary N) is 1. The zero-order chi connectivity index (χ0) is 15.5. The van der Waals surface area contributed by atoms with Crippen LogP contribution in [-0.4, -0.2) is 10.9 Å². The van der Waals surface area contributed by atoms with Crippen LogP contribution in [0.1, 0.15) is 15.4 Å². The maximum Gasteiger partial charge on any atom is 0.267 e. The molecule has 2 aromatic carbocycles. The maximum atomic E-state index is 12.4. The van der Waals surface area contributed by atoms with Crippen LogP contribution in [0.5, 0.6) is 0 Å². The van der Waals surface area contributed by atoms with Crippen molar-refractivity contribution in [2.24, 2.45) is 0 Å². The molecule has 0 saturated heterocycles. The molecule has 3 rings (SSSR count). The van der Waals surface area contributed by atoms with E-state index >= 15 is 0 Å². The largest absolute Gasteiger partial charge is 0.321 e. The number of aromatic nitrogens is 1. The number of anilines is 1. The lowest BCUT2D eigenvalue weighted by Crippen LogP contribution is -2.11. The number of halogens is 1. The summed E-state index contributed by atoms with van der Waals surface area (Å²) in [7, 11) is 0. The molecule has 3 aromatic rings. The third-order valence-electron chi connectivity index (χ3n) is 3.11. The summed E-state index contributed by atoms with van der Waals surface area (Å²) in [6, 6.07) is 16.8. The number of benzene rings is 2. The van der Waals surface area contributed by atoms with Crippen molar-refractivity contribution in [2.45, 2.75) is 6.92 Å². The molecule has 0 aliphatic carbocycles. The van der Waals surface area contributed by atoms with Gasteiger partial charge in [-0.25, -0.2) is 4.98 Å². The van der Waals surface area contributed by atoms with Crippen LogP contribution in [0.2, 0.25) is 5.02 Å². The fourth-order valence-electron chi connectivity index (χ4n) is 2.06. The monoisotopic (exact) mass is 328 g/mol. The second-order valence-corrected chi connectivity index (χ2v) is 6.20. The van der Waals surface area contributed by atoms with E-state index in [9.17, 15) is 4.79 Å². The van der Waals surface area contributed by atoms with Gasteiger partial charge in [0.15, 0.2) is 0 Å². The molecule has 0 fully saturated rings. The Balaban J connectivity index is 1.88. The second kappa shape index (κ2) is 6.30. The number of aryl methyl sites for hydroxylation is 1. The number of hydrogen-bond donors (Lipinski definition) is 1. The lowest BCUT2D eigenvalue weighted by molar-refractivity contribution is 0.103. The van der Waals surface area contributed by atoms with E-state index < -0.39 is 0 Å². The number of hydrogen-bond acceptors (Lipinski definition) is 3. The van der Waals surface area contributed by atoms with Crippen LogP contribution >= 0.6 is 22.9 Å². The molecule has 1 heterocycles. The number of carbonyl (C=O) groups is 1. The van der Waals surface area contributed by atoms with Crippen LogP contribution in [0, 0.1) is 6.92 Å². The summed E-state index contributed by atoms with van der Waals surface area (Å²) >= 11 is 7.38. The summed E-state index contributed by atoms with van der Waals surface area (Å²) in [5, 5.41) is 4.32. The van der Waals surface area contributed by atoms with Crippen LogP contribution in [0.15, 0.2) is 54.6 Å². The maximum absolute atomic E-state index is 12.4. The molecule has 0 spiro atoms. The predicted molar refractivity (Wildman–Crippen MR) is 91.7 cm³/mol. The molecule has 1 aromatic heterocycles. The van der Waals surface area contributed by atoms with Gasteiger partial charge in [-0.2, -0.15) is 0 Å². The summed E-state index contributed by atoms with van der Waals surface area (Å²) < 4.78 is 0. The molecule has 0 unspecified atom stereocenters. The van der Waals surface area contributed by atoms with E-state index in [-0.39, 0.29) is 5.91 Å². The lowest BCUT2D eigenvalue weighted by Gasteiger charge is -2.02. The Morgan fingerprint density at radius 1 is 1.14 bits per heavy atom. The molecule has 0 saturated carbocycles. The number of amides is 1. The highest BCUT2D eigenvalue weighted by Crippen LogP contribution is 2.29. The van der Waals surface area contributed by atoms with Crippen LogP contribution in [-0.2, 0) is 0 Å². The fraction of sp³-hybridized carbons (Fsp3) is 0.0588. The van der Waals surface area contributed by atoms with Crippen molar-refractivity contribution in [1.29, 1.82) is 0 Å². The molecule has 0 aliphatic rings. The van der Waals surface area contributed by atoms with Gasteiger partial charge in [0.2, 0.25) is 0 Å². The van der Waals surface area contributed by atoms with Crippen molar-refractivity contribution >= 4 is 34.5 Å².